The standard InChI is InChI=1S/C25H26N2O2/c28-25(21-12-9-17-27(19-21)18-20-10-3-1-4-11-20)26-23-15-7-8-16-24(23)29-22-13-5-2-6-14-22/h1-8,10-11,13-16,21H,9,12,17-19H2,(H,26,28)/t21-/m1/s1. The Balaban J connectivity index is 1.40. The number of nitrogens with one attached hydrogen (secondary N) is 1. The second-order valence-electron chi connectivity index (χ2n) is 7.46. The van der Waals surface area contributed by atoms with Crippen LogP contribution < -0.4 is 10.1 Å². The highest BCUT2D eigenvalue weighted by Crippen LogP contribution is 2.30. The van der Waals surface area contributed by atoms with Crippen molar-refractivity contribution in [1.82, 2.24) is 4.90 Å². The van der Waals surface area contributed by atoms with Gasteiger partial charge >= 0.3 is 0 Å². The van der Waals surface area contributed by atoms with E-state index in [2.05, 4.69) is 34.5 Å². The van der Waals surface area contributed by atoms with Crippen LogP contribution in [0.3, 0.4) is 0 Å². The van der Waals surface area contributed by atoms with Gasteiger partial charge in [-0.05, 0) is 49.2 Å². The van der Waals surface area contributed by atoms with E-state index in [1.165, 1.54) is 5.56 Å². The van der Waals surface area contributed by atoms with E-state index >= 15 is 0 Å². The Kier molecular flexibility index (Phi) is 6.22. The highest BCUT2D eigenvalue weighted by Gasteiger charge is 2.26. The number of anilines is 1. The predicted octanol–water partition coefficient (Wildman–Crippen LogP) is 5.33. The fraction of sp³-hybridized carbons (Fsp3) is 0.240. The summed E-state index contributed by atoms with van der Waals surface area (Å²) < 4.78 is 5.97. The summed E-state index contributed by atoms with van der Waals surface area (Å²) in [5.41, 5.74) is 2.00. The Labute approximate surface area is 172 Å². The van der Waals surface area contributed by atoms with Crippen LogP contribution in [0.2, 0.25) is 0 Å². The summed E-state index contributed by atoms with van der Waals surface area (Å²) in [6.07, 6.45) is 1.95. The Bertz CT molecular complexity index is 928. The van der Waals surface area contributed by atoms with E-state index in [0.29, 0.717) is 11.4 Å². The molecule has 3 aromatic rings. The van der Waals surface area contributed by atoms with Crippen molar-refractivity contribution >= 4 is 11.6 Å². The number of hydrogen-bond donors (Lipinski definition) is 1. The summed E-state index contributed by atoms with van der Waals surface area (Å²) in [4.78, 5) is 15.3. The average molecular weight is 386 g/mol. The molecule has 4 rings (SSSR count). The minimum Gasteiger partial charge on any atom is -0.455 e. The maximum absolute atomic E-state index is 13.0. The number of likely N-dealkylation sites (tertiary alicyclic amines) is 1. The topological polar surface area (TPSA) is 41.6 Å². The van der Waals surface area contributed by atoms with Gasteiger partial charge in [0.1, 0.15) is 5.75 Å². The van der Waals surface area contributed by atoms with Crippen molar-refractivity contribution in [2.45, 2.75) is 19.4 Å². The number of ether oxygens (including phenoxy) is 1. The number of hydrogen-bond acceptors (Lipinski definition) is 3. The molecule has 148 valence electrons. The van der Waals surface area contributed by atoms with E-state index in [9.17, 15) is 4.79 Å². The monoisotopic (exact) mass is 386 g/mol. The smallest absolute Gasteiger partial charge is 0.228 e. The molecule has 0 unspecified atom stereocenters. The molecule has 1 heterocycles. The van der Waals surface area contributed by atoms with Crippen LogP contribution >= 0.6 is 0 Å². The normalized spacial score (nSPS) is 16.9. The first-order valence-corrected chi connectivity index (χ1v) is 10.2. The van der Waals surface area contributed by atoms with Crippen LogP contribution in [0.1, 0.15) is 18.4 Å². The van der Waals surface area contributed by atoms with Crippen molar-refractivity contribution in [2.75, 3.05) is 18.4 Å². The molecule has 1 aliphatic heterocycles. The van der Waals surface area contributed by atoms with Gasteiger partial charge in [0.15, 0.2) is 5.75 Å². The molecule has 1 amide bonds. The number of nitrogens with zero attached hydrogens (tertiary/aromatic N) is 1. The highest BCUT2D eigenvalue weighted by molar-refractivity contribution is 5.94. The van der Waals surface area contributed by atoms with Gasteiger partial charge in [0.25, 0.3) is 0 Å². The third kappa shape index (κ3) is 5.24. The third-order valence-electron chi connectivity index (χ3n) is 5.24. The molecule has 3 aromatic carbocycles. The summed E-state index contributed by atoms with van der Waals surface area (Å²) in [6, 6.07) is 27.7. The lowest BCUT2D eigenvalue weighted by atomic mass is 9.96. The van der Waals surface area contributed by atoms with Crippen molar-refractivity contribution < 1.29 is 9.53 Å². The third-order valence-corrected chi connectivity index (χ3v) is 5.24. The highest BCUT2D eigenvalue weighted by atomic mass is 16.5. The summed E-state index contributed by atoms with van der Waals surface area (Å²) in [7, 11) is 0. The maximum atomic E-state index is 13.0. The predicted molar refractivity (Wildman–Crippen MR) is 116 cm³/mol. The largest absolute Gasteiger partial charge is 0.455 e. The number of benzene rings is 3. The quantitative estimate of drug-likeness (QED) is 0.623. The van der Waals surface area contributed by atoms with Gasteiger partial charge in [0.2, 0.25) is 5.91 Å². The molecule has 1 aliphatic rings. The number of piperidine rings is 1. The zero-order chi connectivity index (χ0) is 19.9. The lowest BCUT2D eigenvalue weighted by Gasteiger charge is -2.32. The zero-order valence-corrected chi connectivity index (χ0v) is 16.5. The molecular formula is C25H26N2O2. The first-order chi connectivity index (χ1) is 14.3. The maximum Gasteiger partial charge on any atom is 0.228 e. The molecule has 0 radical (unpaired) electrons. The van der Waals surface area contributed by atoms with Crippen LogP contribution in [0.5, 0.6) is 11.5 Å². The molecule has 1 fully saturated rings. The number of carbonyl (C=O) groups is 1. The van der Waals surface area contributed by atoms with Gasteiger partial charge in [0.05, 0.1) is 11.6 Å². The van der Waals surface area contributed by atoms with Crippen LogP contribution in [0.25, 0.3) is 0 Å². The molecule has 1 atom stereocenters. The fourth-order valence-corrected chi connectivity index (χ4v) is 3.76. The van der Waals surface area contributed by atoms with Crippen LogP contribution in [-0.2, 0) is 11.3 Å². The molecule has 0 aromatic heterocycles. The molecule has 0 aliphatic carbocycles. The Morgan fingerprint density at radius 2 is 1.62 bits per heavy atom. The van der Waals surface area contributed by atoms with Crippen LogP contribution in [0.4, 0.5) is 5.69 Å². The molecule has 29 heavy (non-hydrogen) atoms. The van der Waals surface area contributed by atoms with Crippen molar-refractivity contribution in [3.8, 4) is 11.5 Å². The summed E-state index contributed by atoms with van der Waals surface area (Å²) >= 11 is 0. The number of para-hydroxylation sites is 3. The molecule has 0 bridgehead atoms. The van der Waals surface area contributed by atoms with Crippen LogP contribution in [-0.4, -0.2) is 23.9 Å². The van der Waals surface area contributed by atoms with Crippen molar-refractivity contribution in [1.29, 1.82) is 0 Å². The SMILES string of the molecule is O=C(Nc1ccccc1Oc1ccccc1)[C@@H]1CCCN(Cc2ccccc2)C1. The van der Waals surface area contributed by atoms with Gasteiger partial charge in [-0.1, -0.05) is 60.7 Å². The minimum absolute atomic E-state index is 0.0164. The minimum atomic E-state index is -0.0164. The Morgan fingerprint density at radius 1 is 0.931 bits per heavy atom. The van der Waals surface area contributed by atoms with E-state index in [1.807, 2.05) is 60.7 Å². The van der Waals surface area contributed by atoms with Gasteiger partial charge in [-0.3, -0.25) is 9.69 Å². The molecule has 4 nitrogen and oxygen atoms in total. The molecule has 4 heteroatoms. The van der Waals surface area contributed by atoms with E-state index in [4.69, 9.17) is 4.74 Å². The number of carbonyl (C=O) groups excluding carboxylic acids is 1. The lowest BCUT2D eigenvalue weighted by molar-refractivity contribution is -0.121. The molecule has 0 spiro atoms. The fourth-order valence-electron chi connectivity index (χ4n) is 3.76. The van der Waals surface area contributed by atoms with Gasteiger partial charge in [0, 0.05) is 13.1 Å². The second-order valence-corrected chi connectivity index (χ2v) is 7.46. The molecule has 0 saturated carbocycles. The summed E-state index contributed by atoms with van der Waals surface area (Å²) in [5, 5.41) is 3.09. The molecule has 1 N–H and O–H groups in total. The van der Waals surface area contributed by atoms with E-state index in [0.717, 1.165) is 38.2 Å². The first-order valence-electron chi connectivity index (χ1n) is 10.2. The zero-order valence-electron chi connectivity index (χ0n) is 16.5. The first kappa shape index (κ1) is 19.2. The van der Waals surface area contributed by atoms with Gasteiger partial charge < -0.3 is 10.1 Å². The second kappa shape index (κ2) is 9.39. The van der Waals surface area contributed by atoms with Gasteiger partial charge in [-0.2, -0.15) is 0 Å². The Hall–Kier alpha value is -3.11. The average Bonchev–Trinajstić information content (AvgIpc) is 2.77. The summed E-state index contributed by atoms with van der Waals surface area (Å²) in [5.74, 6) is 1.45. The van der Waals surface area contributed by atoms with Crippen LogP contribution in [0, 0.1) is 5.92 Å². The van der Waals surface area contributed by atoms with E-state index < -0.39 is 0 Å². The lowest BCUT2D eigenvalue weighted by Crippen LogP contribution is -2.40. The van der Waals surface area contributed by atoms with Gasteiger partial charge in [-0.15, -0.1) is 0 Å². The van der Waals surface area contributed by atoms with Crippen molar-refractivity contribution in [3.63, 3.8) is 0 Å². The van der Waals surface area contributed by atoms with Crippen molar-refractivity contribution in [3.05, 3.63) is 90.5 Å². The summed E-state index contributed by atoms with van der Waals surface area (Å²) in [6.45, 7) is 2.70. The van der Waals surface area contributed by atoms with Crippen molar-refractivity contribution in [2.24, 2.45) is 5.92 Å². The van der Waals surface area contributed by atoms with E-state index in [-0.39, 0.29) is 11.8 Å². The Morgan fingerprint density at radius 3 is 2.41 bits per heavy atom. The molecular weight excluding hydrogens is 360 g/mol. The van der Waals surface area contributed by atoms with Gasteiger partial charge in [-0.25, -0.2) is 0 Å². The van der Waals surface area contributed by atoms with Crippen LogP contribution in [0.15, 0.2) is 84.9 Å². The molecule has 1 saturated heterocycles. The number of rotatable bonds is 6. The number of amides is 1. The van der Waals surface area contributed by atoms with E-state index in [1.54, 1.807) is 0 Å².